The normalized spacial score (nSPS) is 11.8. The molecule has 12 aromatic rings. The van der Waals surface area contributed by atoms with Gasteiger partial charge >= 0.3 is 23.9 Å². The average molecular weight is 1820 g/mol. The van der Waals surface area contributed by atoms with Gasteiger partial charge in [-0.3, -0.25) is 48.2 Å². The van der Waals surface area contributed by atoms with Gasteiger partial charge in [0, 0.05) is 77.8 Å². The molecule has 0 spiro atoms. The van der Waals surface area contributed by atoms with Crippen molar-refractivity contribution < 1.29 is 85.0 Å². The number of rotatable bonds is 41. The molecule has 0 saturated carbocycles. The van der Waals surface area contributed by atoms with Gasteiger partial charge in [-0.1, -0.05) is 267 Å². The van der Waals surface area contributed by atoms with Gasteiger partial charge in [0.1, 0.15) is 26.4 Å². The van der Waals surface area contributed by atoms with Crippen LogP contribution in [-0.4, -0.2) is 121 Å². The first-order chi connectivity index (χ1) is 62.3. The van der Waals surface area contributed by atoms with E-state index in [2.05, 4.69) is 0 Å². The van der Waals surface area contributed by atoms with Crippen LogP contribution in [0.15, 0.2) is 267 Å². The van der Waals surface area contributed by atoms with Gasteiger partial charge in [-0.2, -0.15) is 0 Å². The highest BCUT2D eigenvalue weighted by atomic mass is 31.2. The number of aryl methyl sites for hydroxylation is 8. The van der Waals surface area contributed by atoms with Gasteiger partial charge in [0.2, 0.25) is 50.7 Å². The van der Waals surface area contributed by atoms with Crippen LogP contribution in [0.2, 0.25) is 0 Å². The van der Waals surface area contributed by atoms with Gasteiger partial charge in [0.05, 0.1) is 52.6 Å². The molecule has 0 unspecified atom stereocenters. The Morgan fingerprint density at radius 3 is 0.554 bits per heavy atom. The molecule has 24 heteroatoms. The summed E-state index contributed by atoms with van der Waals surface area (Å²) in [5.41, 5.74) is 7.91. The lowest BCUT2D eigenvalue weighted by Gasteiger charge is -2.24. The third-order valence-corrected chi connectivity index (χ3v) is 35.3. The number of esters is 4. The van der Waals surface area contributed by atoms with Crippen LogP contribution in [0.25, 0.3) is 0 Å². The zero-order chi connectivity index (χ0) is 93.2. The smallest absolute Gasteiger partial charge is 0.320 e. The van der Waals surface area contributed by atoms with E-state index >= 15 is 37.4 Å². The van der Waals surface area contributed by atoms with Crippen LogP contribution >= 0.6 is 28.6 Å². The summed E-state index contributed by atoms with van der Waals surface area (Å²) in [7, 11) is -15.9. The van der Waals surface area contributed by atoms with E-state index in [9.17, 15) is 19.2 Å². The molecule has 0 saturated heterocycles. The Balaban J connectivity index is 0.754. The van der Waals surface area contributed by atoms with Gasteiger partial charge in [0.15, 0.2) is 0 Å². The quantitative estimate of drug-likeness (QED) is 0.0149. The Morgan fingerprint density at radius 1 is 0.231 bits per heavy atom. The molecule has 0 aliphatic carbocycles. The molecule has 0 aromatic heterocycles. The minimum absolute atomic E-state index is 0.0202. The average Bonchev–Trinajstić information content (AvgIpc) is 0.762. The number of hydrogen-bond donors (Lipinski definition) is 0. The van der Waals surface area contributed by atoms with E-state index in [1.807, 2.05) is 27.7 Å². The Morgan fingerprint density at radius 2 is 0.392 bits per heavy atom. The molecule has 0 aliphatic rings. The molecule has 0 atom stereocenters. The van der Waals surface area contributed by atoms with Crippen LogP contribution < -0.4 is 42.4 Å². The standard InChI is InChI=1S/C106H108N2O18P4/c1-71-59-75(5)99(103(113)127(117,83-37-21-13-22-38-83)84-39-23-14-24-40-84)79(9)91(71)67-123-95(109)63-107(64-96(110)124-68-92-72(2)60-76(6)100(80(92)10)104(114)128(118,85-41-25-15-26-42-85)86-43-27-16-28-44-86)53-55-121-57-58-122-56-54-108(65-97(111)125-69-93-73(3)61-77(7)101(81(93)11)105(115)129(119,87-45-29-17-30-46-87)88-47-31-18-32-48-88)66-98(112)126-70-94-74(4)62-78(8)102(82(94)12)106(116)130(120,89-49-33-19-34-50-89)90-51-35-20-36-52-90/h13-52,59-62H,53-58,63-70H2,1-12H3. The van der Waals surface area contributed by atoms with E-state index in [1.165, 1.54) is 9.80 Å². The summed E-state index contributed by atoms with van der Waals surface area (Å²) in [4.78, 5) is 121. The number of carbonyl (C=O) groups is 8. The summed E-state index contributed by atoms with van der Waals surface area (Å²) < 4.78 is 98.2. The first-order valence-electron chi connectivity index (χ1n) is 43.0. The third-order valence-electron chi connectivity index (χ3n) is 23.9. The molecule has 12 aromatic carbocycles. The molecule has 0 heterocycles. The first-order valence-corrected chi connectivity index (χ1v) is 49.8. The van der Waals surface area contributed by atoms with Crippen LogP contribution in [0.3, 0.4) is 0 Å². The largest absolute Gasteiger partial charge is 0.460 e. The summed E-state index contributed by atoms with van der Waals surface area (Å²) in [5, 5.41) is 2.92. The Hall–Kier alpha value is -12.0. The predicted molar refractivity (Wildman–Crippen MR) is 513 cm³/mol. The number of carbonyl (C=O) groups excluding carboxylic acids is 8. The maximum absolute atomic E-state index is 15.5. The van der Waals surface area contributed by atoms with Crippen molar-refractivity contribution in [3.05, 3.63) is 378 Å². The Kier molecular flexibility index (Phi) is 32.5. The van der Waals surface area contributed by atoms with E-state index in [1.54, 1.807) is 322 Å². The van der Waals surface area contributed by atoms with E-state index in [0.717, 1.165) is 0 Å². The van der Waals surface area contributed by atoms with Crippen molar-refractivity contribution in [1.29, 1.82) is 0 Å². The first kappa shape index (κ1) is 97.0. The third kappa shape index (κ3) is 21.5. The second-order valence-electron chi connectivity index (χ2n) is 32.6. The summed E-state index contributed by atoms with van der Waals surface area (Å²) in [6.07, 6.45) is 0. The van der Waals surface area contributed by atoms with Gasteiger partial charge in [-0.25, -0.2) is 0 Å². The second kappa shape index (κ2) is 43.6. The van der Waals surface area contributed by atoms with Crippen molar-refractivity contribution in [2.45, 2.75) is 110 Å². The molecule has 130 heavy (non-hydrogen) atoms. The lowest BCUT2D eigenvalue weighted by atomic mass is 9.94. The molecule has 0 fully saturated rings. The van der Waals surface area contributed by atoms with Crippen LogP contribution in [0, 0.1) is 83.1 Å². The SMILES string of the molecule is Cc1cc(C)c(C(=O)P(=O)(c2ccccc2)c2ccccc2)c(C)c1COC(=O)CN(CCOCCOCCN(CC(=O)OCc1c(C)cc(C)c(C(=O)P(=O)(c2ccccc2)c2ccccc2)c1C)CC(=O)OCc1c(C)cc(C)c(C(=O)P(=O)(c2ccccc2)c2ccccc2)c1C)CC(=O)OCc1c(C)cc(C)c(C(=O)P(=O)(c2ccccc2)c2ccccc2)c1C. The molecule has 12 rings (SSSR count). The van der Waals surface area contributed by atoms with Crippen molar-refractivity contribution >= 4 is 117 Å². The maximum Gasteiger partial charge on any atom is 0.320 e. The second-order valence-corrected chi connectivity index (χ2v) is 43.2. The van der Waals surface area contributed by atoms with Crippen LogP contribution in [0.1, 0.15) is 130 Å². The lowest BCUT2D eigenvalue weighted by Crippen LogP contribution is -2.38. The molecule has 0 aliphatic heterocycles. The van der Waals surface area contributed by atoms with E-state index in [4.69, 9.17) is 28.4 Å². The molecule has 0 radical (unpaired) electrons. The van der Waals surface area contributed by atoms with Crippen molar-refractivity contribution in [2.24, 2.45) is 0 Å². The number of hydrogen-bond acceptors (Lipinski definition) is 20. The molecule has 0 amide bonds. The minimum atomic E-state index is -3.97. The molecular weight excluding hydrogens is 1710 g/mol. The minimum Gasteiger partial charge on any atom is -0.460 e. The molecule has 0 N–H and O–H groups in total. The van der Waals surface area contributed by atoms with Crippen molar-refractivity contribution in [2.75, 3.05) is 65.7 Å². The van der Waals surface area contributed by atoms with Gasteiger partial charge < -0.3 is 46.7 Å². The number of nitrogens with zero attached hydrogens (tertiary/aromatic N) is 2. The van der Waals surface area contributed by atoms with Gasteiger partial charge in [-0.05, 0) is 172 Å². The maximum atomic E-state index is 15.5. The molecule has 0 bridgehead atoms. The molecule has 670 valence electrons. The predicted octanol–water partition coefficient (Wildman–Crippen LogP) is 16.9. The van der Waals surface area contributed by atoms with Crippen LogP contribution in [0.5, 0.6) is 0 Å². The highest BCUT2D eigenvalue weighted by Gasteiger charge is 2.44. The van der Waals surface area contributed by atoms with E-state index in [-0.39, 0.29) is 88.2 Å². The lowest BCUT2D eigenvalue weighted by molar-refractivity contribution is -0.152. The van der Waals surface area contributed by atoms with Crippen molar-refractivity contribution in [3.63, 3.8) is 0 Å². The zero-order valence-corrected chi connectivity index (χ0v) is 78.9. The topological polar surface area (TPSA) is 267 Å². The summed E-state index contributed by atoms with van der Waals surface area (Å²) >= 11 is 0. The fourth-order valence-electron chi connectivity index (χ4n) is 17.0. The number of benzene rings is 12. The highest BCUT2D eigenvalue weighted by Crippen LogP contribution is 2.53. The van der Waals surface area contributed by atoms with Crippen LogP contribution in [0.4, 0.5) is 0 Å². The van der Waals surface area contributed by atoms with E-state index in [0.29, 0.717) is 131 Å². The number of ether oxygens (including phenoxy) is 6. The molecular formula is C106H108N2O18P4. The zero-order valence-electron chi connectivity index (χ0n) is 75.3. The van der Waals surface area contributed by atoms with Crippen molar-refractivity contribution in [1.82, 2.24) is 9.80 Å². The van der Waals surface area contributed by atoms with E-state index < -0.39 is 101 Å². The highest BCUT2D eigenvalue weighted by molar-refractivity contribution is 7.95. The fraction of sp³-hybridized carbons (Fsp3) is 0.245. The summed E-state index contributed by atoms with van der Waals surface area (Å²) in [6.45, 7) is 18.2. The molecule has 20 nitrogen and oxygen atoms in total. The summed E-state index contributed by atoms with van der Waals surface area (Å²) in [5.74, 6) is -2.99. The Labute approximate surface area is 760 Å². The fourth-order valence-corrected chi connectivity index (χ4v) is 27.5. The monoisotopic (exact) mass is 1820 g/mol. The van der Waals surface area contributed by atoms with Gasteiger partial charge in [-0.15, -0.1) is 0 Å². The van der Waals surface area contributed by atoms with Crippen LogP contribution in [-0.2, 0) is 92.3 Å². The Bertz CT molecular complexity index is 5460. The van der Waals surface area contributed by atoms with Crippen molar-refractivity contribution in [3.8, 4) is 0 Å². The van der Waals surface area contributed by atoms with Gasteiger partial charge in [0.25, 0.3) is 0 Å². The summed E-state index contributed by atoms with van der Waals surface area (Å²) in [6, 6.07) is 76.2.